The van der Waals surface area contributed by atoms with Crippen molar-refractivity contribution in [3.63, 3.8) is 0 Å². The Kier molecular flexibility index (Phi) is 5.40. The van der Waals surface area contributed by atoms with Crippen molar-refractivity contribution >= 4 is 23.3 Å². The minimum Gasteiger partial charge on any atom is -0.333 e. The normalized spacial score (nSPS) is 13.9. The second-order valence-corrected chi connectivity index (χ2v) is 8.25. The van der Waals surface area contributed by atoms with Crippen LogP contribution in [0.4, 0.5) is 20.6 Å². The molecule has 1 aliphatic rings. The van der Waals surface area contributed by atoms with Crippen molar-refractivity contribution in [3.05, 3.63) is 58.9 Å². The highest BCUT2D eigenvalue weighted by atomic mass is 19.1. The lowest BCUT2D eigenvalue weighted by molar-refractivity contribution is -0.119. The maximum absolute atomic E-state index is 14.2. The monoisotopic (exact) mass is 383 g/mol. The van der Waals surface area contributed by atoms with Crippen LogP contribution in [0.1, 0.15) is 43.9 Å². The van der Waals surface area contributed by atoms with E-state index >= 15 is 0 Å². The minimum atomic E-state index is -0.334. The van der Waals surface area contributed by atoms with Gasteiger partial charge in [-0.15, -0.1) is 0 Å². The number of hydrogen-bond acceptors (Lipinski definition) is 2. The smallest absolute Gasteiger partial charge is 0.319 e. The first-order chi connectivity index (χ1) is 13.1. The highest BCUT2D eigenvalue weighted by molar-refractivity contribution is 5.97. The fraction of sp³-hybridized carbons (Fsp3) is 0.364. The summed E-state index contributed by atoms with van der Waals surface area (Å²) in [4.78, 5) is 26.2. The quantitative estimate of drug-likeness (QED) is 0.818. The molecule has 0 fully saturated rings. The molecular weight excluding hydrogens is 357 g/mol. The number of rotatable bonds is 3. The van der Waals surface area contributed by atoms with E-state index in [4.69, 9.17) is 0 Å². The molecule has 148 valence electrons. The molecule has 0 atom stereocenters. The highest BCUT2D eigenvalue weighted by Crippen LogP contribution is 2.32. The molecule has 2 aromatic carbocycles. The minimum absolute atomic E-state index is 0.0282. The number of hydrogen-bond donors (Lipinski definition) is 2. The maximum atomic E-state index is 14.2. The first kappa shape index (κ1) is 19.9. The van der Waals surface area contributed by atoms with Gasteiger partial charge in [0, 0.05) is 28.9 Å². The van der Waals surface area contributed by atoms with Crippen LogP contribution in [0.2, 0.25) is 0 Å². The predicted molar refractivity (Wildman–Crippen MR) is 109 cm³/mol. The summed E-state index contributed by atoms with van der Waals surface area (Å²) >= 11 is 0. The summed E-state index contributed by atoms with van der Waals surface area (Å²) < 4.78 is 14.2. The number of amides is 3. The third-order valence-electron chi connectivity index (χ3n) is 4.56. The molecule has 0 bridgehead atoms. The molecule has 3 amide bonds. The molecule has 0 saturated heterocycles. The molecule has 1 heterocycles. The van der Waals surface area contributed by atoms with Crippen LogP contribution < -0.4 is 15.5 Å². The molecule has 0 aliphatic carbocycles. The van der Waals surface area contributed by atoms with Gasteiger partial charge in [-0.1, -0.05) is 17.7 Å². The van der Waals surface area contributed by atoms with E-state index in [9.17, 15) is 14.0 Å². The predicted octanol–water partition coefficient (Wildman–Crippen LogP) is 4.53. The van der Waals surface area contributed by atoms with E-state index < -0.39 is 0 Å². The summed E-state index contributed by atoms with van der Waals surface area (Å²) in [6, 6.07) is 10.1. The molecule has 28 heavy (non-hydrogen) atoms. The fourth-order valence-electron chi connectivity index (χ4n) is 3.31. The number of nitrogens with zero attached hydrogens (tertiary/aromatic N) is 1. The Bertz CT molecular complexity index is 918. The zero-order valence-electron chi connectivity index (χ0n) is 16.7. The second kappa shape index (κ2) is 7.62. The van der Waals surface area contributed by atoms with Crippen molar-refractivity contribution in [3.8, 4) is 0 Å². The Morgan fingerprint density at radius 2 is 1.89 bits per heavy atom. The van der Waals surface area contributed by atoms with Gasteiger partial charge in [-0.2, -0.15) is 0 Å². The first-order valence-corrected chi connectivity index (χ1v) is 9.40. The van der Waals surface area contributed by atoms with Gasteiger partial charge in [0.1, 0.15) is 5.82 Å². The van der Waals surface area contributed by atoms with Gasteiger partial charge in [0.05, 0.1) is 6.54 Å². The third-order valence-corrected chi connectivity index (χ3v) is 4.56. The van der Waals surface area contributed by atoms with Crippen LogP contribution in [0.25, 0.3) is 0 Å². The van der Waals surface area contributed by atoms with Gasteiger partial charge in [-0.05, 0) is 63.9 Å². The van der Waals surface area contributed by atoms with E-state index in [2.05, 4.69) is 10.6 Å². The van der Waals surface area contributed by atoms with Gasteiger partial charge < -0.3 is 15.5 Å². The molecule has 0 spiro atoms. The van der Waals surface area contributed by atoms with Crippen molar-refractivity contribution in [2.45, 2.75) is 52.6 Å². The average Bonchev–Trinajstić information content (AvgIpc) is 2.58. The molecule has 0 unspecified atom stereocenters. The number of carbonyl (C=O) groups is 2. The molecule has 1 aliphatic heterocycles. The summed E-state index contributed by atoms with van der Waals surface area (Å²) in [5.41, 5.74) is 3.49. The zero-order chi connectivity index (χ0) is 20.5. The molecule has 0 saturated carbocycles. The SMILES string of the molecule is Cc1ccc(F)c(CN2C(=O)CCc3cc(NC(=O)NC(C)(C)C)ccc32)c1. The van der Waals surface area contributed by atoms with Crippen LogP contribution >= 0.6 is 0 Å². The van der Waals surface area contributed by atoms with Crippen LogP contribution in [0.5, 0.6) is 0 Å². The number of urea groups is 1. The Hall–Kier alpha value is -2.89. The van der Waals surface area contributed by atoms with Crippen LogP contribution in [0, 0.1) is 12.7 Å². The standard InChI is InChI=1S/C22H26FN3O2/c1-14-5-8-18(23)16(11-14)13-26-19-9-7-17(12-15(19)6-10-20(26)27)24-21(28)25-22(2,3)4/h5,7-9,11-12H,6,10,13H2,1-4H3,(H2,24,25,28). The molecule has 6 heteroatoms. The summed E-state index contributed by atoms with van der Waals surface area (Å²) in [5, 5.41) is 5.68. The molecule has 5 nitrogen and oxygen atoms in total. The van der Waals surface area contributed by atoms with E-state index in [1.54, 1.807) is 23.1 Å². The topological polar surface area (TPSA) is 61.4 Å². The van der Waals surface area contributed by atoms with Crippen molar-refractivity contribution in [2.75, 3.05) is 10.2 Å². The summed E-state index contributed by atoms with van der Waals surface area (Å²) in [6.07, 6.45) is 0.954. The van der Waals surface area contributed by atoms with E-state index in [-0.39, 0.29) is 29.8 Å². The van der Waals surface area contributed by atoms with Gasteiger partial charge in [0.2, 0.25) is 5.91 Å². The van der Waals surface area contributed by atoms with Crippen LogP contribution in [0.15, 0.2) is 36.4 Å². The Balaban J connectivity index is 1.82. The maximum Gasteiger partial charge on any atom is 0.319 e. The zero-order valence-corrected chi connectivity index (χ0v) is 16.7. The number of halogens is 1. The van der Waals surface area contributed by atoms with Crippen LogP contribution in [-0.4, -0.2) is 17.5 Å². The van der Waals surface area contributed by atoms with Gasteiger partial charge in [0.15, 0.2) is 0 Å². The lowest BCUT2D eigenvalue weighted by atomic mass is 9.99. The number of fused-ring (bicyclic) bond motifs is 1. The number of carbonyl (C=O) groups excluding carboxylic acids is 2. The lowest BCUT2D eigenvalue weighted by Crippen LogP contribution is -2.43. The summed E-state index contributed by atoms with van der Waals surface area (Å²) in [7, 11) is 0. The van der Waals surface area contributed by atoms with Crippen molar-refractivity contribution in [1.29, 1.82) is 0 Å². The summed E-state index contributed by atoms with van der Waals surface area (Å²) in [5.74, 6) is -0.345. The van der Waals surface area contributed by atoms with Gasteiger partial charge >= 0.3 is 6.03 Å². The van der Waals surface area contributed by atoms with E-state index in [1.807, 2.05) is 39.8 Å². The Labute approximate surface area is 164 Å². The average molecular weight is 383 g/mol. The third kappa shape index (κ3) is 4.68. The number of anilines is 2. The lowest BCUT2D eigenvalue weighted by Gasteiger charge is -2.30. The van der Waals surface area contributed by atoms with E-state index in [1.165, 1.54) is 6.07 Å². The molecule has 2 N–H and O–H groups in total. The fourth-order valence-corrected chi connectivity index (χ4v) is 3.31. The van der Waals surface area contributed by atoms with Gasteiger partial charge in [0.25, 0.3) is 0 Å². The van der Waals surface area contributed by atoms with Gasteiger partial charge in [-0.3, -0.25) is 4.79 Å². The van der Waals surface area contributed by atoms with Gasteiger partial charge in [-0.25, -0.2) is 9.18 Å². The molecule has 0 radical (unpaired) electrons. The molecule has 2 aromatic rings. The van der Waals surface area contributed by atoms with Crippen LogP contribution in [-0.2, 0) is 17.8 Å². The summed E-state index contributed by atoms with van der Waals surface area (Å²) in [6.45, 7) is 7.82. The van der Waals surface area contributed by atoms with E-state index in [0.717, 1.165) is 16.8 Å². The number of aryl methyl sites for hydroxylation is 2. The number of nitrogens with one attached hydrogen (secondary N) is 2. The van der Waals surface area contributed by atoms with Crippen LogP contribution in [0.3, 0.4) is 0 Å². The Morgan fingerprint density at radius 3 is 2.61 bits per heavy atom. The van der Waals surface area contributed by atoms with Crippen molar-refractivity contribution < 1.29 is 14.0 Å². The van der Waals surface area contributed by atoms with Crippen molar-refractivity contribution in [1.82, 2.24) is 5.32 Å². The Morgan fingerprint density at radius 1 is 1.14 bits per heavy atom. The molecule has 3 rings (SSSR count). The van der Waals surface area contributed by atoms with Crippen molar-refractivity contribution in [2.24, 2.45) is 0 Å². The highest BCUT2D eigenvalue weighted by Gasteiger charge is 2.25. The first-order valence-electron chi connectivity index (χ1n) is 9.40. The molecular formula is C22H26FN3O2. The second-order valence-electron chi connectivity index (χ2n) is 8.25. The number of benzene rings is 2. The molecule has 0 aromatic heterocycles. The largest absolute Gasteiger partial charge is 0.333 e. The van der Waals surface area contributed by atoms with E-state index in [0.29, 0.717) is 24.1 Å².